The number of nitrogens with one attached hydrogen (secondary N) is 2. The van der Waals surface area contributed by atoms with Gasteiger partial charge in [-0.2, -0.15) is 0 Å². The average molecular weight is 347 g/mol. The Morgan fingerprint density at radius 3 is 2.54 bits per heavy atom. The van der Waals surface area contributed by atoms with Crippen LogP contribution in [0.1, 0.15) is 10.5 Å². The molecule has 0 spiro atoms. The highest BCUT2D eigenvalue weighted by Gasteiger charge is 2.22. The zero-order chi connectivity index (χ0) is 17.3. The van der Waals surface area contributed by atoms with Gasteiger partial charge >= 0.3 is 0 Å². The number of hydrogen-bond acceptors (Lipinski definition) is 5. The minimum Gasteiger partial charge on any atom is -0.319 e. The van der Waals surface area contributed by atoms with E-state index < -0.39 is 33.0 Å². The molecule has 0 aliphatic carbocycles. The Bertz CT molecular complexity index is 1090. The summed E-state index contributed by atoms with van der Waals surface area (Å²) in [4.78, 5) is 30.0. The lowest BCUT2D eigenvalue weighted by atomic mass is 10.3. The first-order chi connectivity index (χ1) is 11.4. The second kappa shape index (κ2) is 5.85. The second-order valence-corrected chi connectivity index (χ2v) is 6.51. The Kier molecular flexibility index (Phi) is 3.86. The van der Waals surface area contributed by atoms with Gasteiger partial charge in [0.05, 0.1) is 15.9 Å². The maximum absolute atomic E-state index is 13.2. The van der Waals surface area contributed by atoms with Crippen LogP contribution in [0, 0.1) is 5.82 Å². The molecule has 0 aliphatic rings. The molecule has 0 saturated carbocycles. The summed E-state index contributed by atoms with van der Waals surface area (Å²) in [6.07, 6.45) is 0. The molecular formula is C15H10FN3O4S. The van der Waals surface area contributed by atoms with Crippen molar-refractivity contribution in [2.24, 2.45) is 0 Å². The van der Waals surface area contributed by atoms with Crippen molar-refractivity contribution in [2.45, 2.75) is 4.90 Å². The molecule has 1 amide bonds. The van der Waals surface area contributed by atoms with Gasteiger partial charge < -0.3 is 4.98 Å². The van der Waals surface area contributed by atoms with Gasteiger partial charge in [0, 0.05) is 6.07 Å². The van der Waals surface area contributed by atoms with Gasteiger partial charge in [0.15, 0.2) is 5.69 Å². The van der Waals surface area contributed by atoms with E-state index in [1.165, 1.54) is 30.3 Å². The van der Waals surface area contributed by atoms with E-state index in [1.54, 1.807) is 10.8 Å². The number of aromatic nitrogens is 2. The first-order valence-electron chi connectivity index (χ1n) is 6.68. The SMILES string of the molecule is O=C(NS(=O)(=O)c1ccccc1)c1nc2cc(F)ccc2[nH]c1=O. The van der Waals surface area contributed by atoms with E-state index in [4.69, 9.17) is 0 Å². The number of sulfonamides is 1. The number of benzene rings is 2. The van der Waals surface area contributed by atoms with Gasteiger partial charge in [-0.1, -0.05) is 18.2 Å². The smallest absolute Gasteiger partial charge is 0.289 e. The molecule has 0 unspecified atom stereocenters. The number of rotatable bonds is 3. The van der Waals surface area contributed by atoms with E-state index in [1.807, 2.05) is 0 Å². The van der Waals surface area contributed by atoms with E-state index in [0.29, 0.717) is 0 Å². The summed E-state index contributed by atoms with van der Waals surface area (Å²) < 4.78 is 39.2. The Morgan fingerprint density at radius 1 is 1.12 bits per heavy atom. The fourth-order valence-electron chi connectivity index (χ4n) is 2.04. The van der Waals surface area contributed by atoms with E-state index in [9.17, 15) is 22.4 Å². The van der Waals surface area contributed by atoms with Gasteiger partial charge in [-0.3, -0.25) is 9.59 Å². The molecule has 122 valence electrons. The Morgan fingerprint density at radius 2 is 1.83 bits per heavy atom. The molecule has 0 aliphatic heterocycles. The Labute approximate surface area is 135 Å². The number of amides is 1. The number of carbonyl (C=O) groups is 1. The fourth-order valence-corrected chi connectivity index (χ4v) is 3.01. The molecule has 3 rings (SSSR count). The summed E-state index contributed by atoms with van der Waals surface area (Å²) in [5.74, 6) is -1.81. The third-order valence-corrected chi connectivity index (χ3v) is 4.50. The number of halogens is 1. The van der Waals surface area contributed by atoms with Crippen LogP contribution < -0.4 is 10.3 Å². The highest BCUT2D eigenvalue weighted by atomic mass is 32.2. The predicted molar refractivity (Wildman–Crippen MR) is 83.4 cm³/mol. The van der Waals surface area contributed by atoms with E-state index in [-0.39, 0.29) is 15.9 Å². The van der Waals surface area contributed by atoms with Crippen molar-refractivity contribution < 1.29 is 17.6 Å². The van der Waals surface area contributed by atoms with Crippen LogP contribution in [-0.4, -0.2) is 24.3 Å². The largest absolute Gasteiger partial charge is 0.319 e. The topological polar surface area (TPSA) is 109 Å². The summed E-state index contributed by atoms with van der Waals surface area (Å²) in [6, 6.07) is 10.6. The van der Waals surface area contributed by atoms with Crippen molar-refractivity contribution in [1.82, 2.24) is 14.7 Å². The van der Waals surface area contributed by atoms with Crippen LogP contribution in [-0.2, 0) is 10.0 Å². The normalized spacial score (nSPS) is 11.4. The zero-order valence-electron chi connectivity index (χ0n) is 12.0. The molecule has 0 bridgehead atoms. The number of aromatic amines is 1. The molecule has 1 aromatic heterocycles. The lowest BCUT2D eigenvalue weighted by Crippen LogP contribution is -2.35. The molecule has 0 atom stereocenters. The predicted octanol–water partition coefficient (Wildman–Crippen LogP) is 1.18. The number of hydrogen-bond donors (Lipinski definition) is 2. The van der Waals surface area contributed by atoms with E-state index in [0.717, 1.165) is 12.1 Å². The fraction of sp³-hybridized carbons (Fsp3) is 0. The van der Waals surface area contributed by atoms with Gasteiger partial charge in [0.1, 0.15) is 5.82 Å². The van der Waals surface area contributed by atoms with Crippen LogP contribution >= 0.6 is 0 Å². The maximum Gasteiger partial charge on any atom is 0.289 e. The molecule has 9 heteroatoms. The molecule has 7 nitrogen and oxygen atoms in total. The summed E-state index contributed by atoms with van der Waals surface area (Å²) >= 11 is 0. The molecule has 2 aromatic carbocycles. The van der Waals surface area contributed by atoms with Crippen LogP contribution in [0.2, 0.25) is 0 Å². The van der Waals surface area contributed by atoms with Crippen molar-refractivity contribution in [3.63, 3.8) is 0 Å². The molecule has 0 saturated heterocycles. The average Bonchev–Trinajstić information content (AvgIpc) is 2.55. The molecule has 0 radical (unpaired) electrons. The third-order valence-electron chi connectivity index (χ3n) is 3.15. The first-order valence-corrected chi connectivity index (χ1v) is 8.17. The number of nitrogens with zero attached hydrogens (tertiary/aromatic N) is 1. The van der Waals surface area contributed by atoms with Crippen LogP contribution in [0.3, 0.4) is 0 Å². The Hall–Kier alpha value is -3.07. The number of fused-ring (bicyclic) bond motifs is 1. The van der Waals surface area contributed by atoms with Crippen LogP contribution in [0.25, 0.3) is 11.0 Å². The summed E-state index contributed by atoms with van der Waals surface area (Å²) in [5, 5.41) is 0. The quantitative estimate of drug-likeness (QED) is 0.739. The van der Waals surface area contributed by atoms with E-state index >= 15 is 0 Å². The molecular weight excluding hydrogens is 337 g/mol. The van der Waals surface area contributed by atoms with Gasteiger partial charge in [0.2, 0.25) is 0 Å². The maximum atomic E-state index is 13.2. The van der Waals surface area contributed by atoms with E-state index in [2.05, 4.69) is 9.97 Å². The molecule has 0 fully saturated rings. The van der Waals surface area contributed by atoms with Crippen molar-refractivity contribution in [3.05, 3.63) is 70.4 Å². The summed E-state index contributed by atoms with van der Waals surface area (Å²) in [6.45, 7) is 0. The summed E-state index contributed by atoms with van der Waals surface area (Å²) in [7, 11) is -4.15. The van der Waals surface area contributed by atoms with Crippen LogP contribution in [0.15, 0.2) is 58.2 Å². The monoisotopic (exact) mass is 347 g/mol. The Balaban J connectivity index is 2.00. The van der Waals surface area contributed by atoms with Crippen molar-refractivity contribution in [1.29, 1.82) is 0 Å². The van der Waals surface area contributed by atoms with Gasteiger partial charge in [0.25, 0.3) is 21.5 Å². The molecule has 1 heterocycles. The minimum atomic E-state index is -4.15. The lowest BCUT2D eigenvalue weighted by molar-refractivity contribution is 0.0975. The van der Waals surface area contributed by atoms with Crippen LogP contribution in [0.4, 0.5) is 4.39 Å². The zero-order valence-corrected chi connectivity index (χ0v) is 12.8. The molecule has 2 N–H and O–H groups in total. The van der Waals surface area contributed by atoms with Crippen molar-refractivity contribution in [3.8, 4) is 0 Å². The molecule has 24 heavy (non-hydrogen) atoms. The number of H-pyrrole nitrogens is 1. The second-order valence-electron chi connectivity index (χ2n) is 4.82. The van der Waals surface area contributed by atoms with Crippen molar-refractivity contribution in [2.75, 3.05) is 0 Å². The summed E-state index contributed by atoms with van der Waals surface area (Å²) in [5.41, 5.74) is -1.30. The lowest BCUT2D eigenvalue weighted by Gasteiger charge is -2.06. The van der Waals surface area contributed by atoms with Gasteiger partial charge in [-0.15, -0.1) is 0 Å². The van der Waals surface area contributed by atoms with Crippen molar-refractivity contribution >= 4 is 27.0 Å². The minimum absolute atomic E-state index is 0.0249. The molecule has 3 aromatic rings. The highest BCUT2D eigenvalue weighted by molar-refractivity contribution is 7.90. The van der Waals surface area contributed by atoms with Gasteiger partial charge in [-0.05, 0) is 24.3 Å². The van der Waals surface area contributed by atoms with Gasteiger partial charge in [-0.25, -0.2) is 22.5 Å². The third kappa shape index (κ3) is 3.01. The standard InChI is InChI=1S/C15H10FN3O4S/c16-9-6-7-11-12(8-9)17-13(14(20)18-11)15(21)19-24(22,23)10-4-2-1-3-5-10/h1-8H,(H,18,20)(H,19,21). The highest BCUT2D eigenvalue weighted by Crippen LogP contribution is 2.11. The first kappa shape index (κ1) is 15.8. The van der Waals surface area contributed by atoms with Crippen LogP contribution in [0.5, 0.6) is 0 Å². The number of carbonyl (C=O) groups excluding carboxylic acids is 1.